The standard InChI is InChI=1S/C16H25F3N2O/c17-16(18,19)11-2-1-3-12(9-11)21-15(22)8-10-6-13-4-5-14(7-10)20-13/h10-14,20H,1-9H2,(H,21,22). The summed E-state index contributed by atoms with van der Waals surface area (Å²) in [5.41, 5.74) is 0. The van der Waals surface area contributed by atoms with Crippen LogP contribution in [0.25, 0.3) is 0 Å². The Balaban J connectivity index is 1.45. The quantitative estimate of drug-likeness (QED) is 0.839. The number of hydrogen-bond acceptors (Lipinski definition) is 2. The number of carbonyl (C=O) groups is 1. The fraction of sp³-hybridized carbons (Fsp3) is 0.938. The van der Waals surface area contributed by atoms with Crippen LogP contribution in [0, 0.1) is 11.8 Å². The van der Waals surface area contributed by atoms with Crippen LogP contribution < -0.4 is 10.6 Å². The molecule has 0 aromatic carbocycles. The fourth-order valence-corrected chi connectivity index (χ4v) is 4.51. The van der Waals surface area contributed by atoms with E-state index in [0.29, 0.717) is 37.3 Å². The maximum atomic E-state index is 12.8. The normalized spacial score (nSPS) is 38.8. The second-order valence-corrected chi connectivity index (χ2v) is 7.35. The van der Waals surface area contributed by atoms with Gasteiger partial charge in [0.15, 0.2) is 0 Å². The Hall–Kier alpha value is -0.780. The maximum absolute atomic E-state index is 12.8. The molecular weight excluding hydrogens is 293 g/mol. The number of amides is 1. The Morgan fingerprint density at radius 3 is 2.36 bits per heavy atom. The summed E-state index contributed by atoms with van der Waals surface area (Å²) >= 11 is 0. The number of halogens is 3. The Bertz CT molecular complexity index is 401. The lowest BCUT2D eigenvalue weighted by molar-refractivity contribution is -0.184. The molecule has 3 aliphatic rings. The molecule has 0 aromatic rings. The lowest BCUT2D eigenvalue weighted by atomic mass is 9.84. The number of nitrogens with one attached hydrogen (secondary N) is 2. The minimum Gasteiger partial charge on any atom is -0.353 e. The van der Waals surface area contributed by atoms with Crippen LogP contribution in [-0.2, 0) is 4.79 Å². The molecule has 2 saturated heterocycles. The van der Waals surface area contributed by atoms with Crippen molar-refractivity contribution in [2.24, 2.45) is 11.8 Å². The molecule has 0 aromatic heterocycles. The van der Waals surface area contributed by atoms with Crippen molar-refractivity contribution in [3.8, 4) is 0 Å². The molecule has 22 heavy (non-hydrogen) atoms. The molecule has 1 saturated carbocycles. The molecule has 1 aliphatic carbocycles. The van der Waals surface area contributed by atoms with Crippen molar-refractivity contribution < 1.29 is 18.0 Å². The minimum atomic E-state index is -4.13. The topological polar surface area (TPSA) is 41.1 Å². The van der Waals surface area contributed by atoms with Crippen LogP contribution in [0.2, 0.25) is 0 Å². The first-order chi connectivity index (χ1) is 10.4. The van der Waals surface area contributed by atoms with E-state index in [9.17, 15) is 18.0 Å². The van der Waals surface area contributed by atoms with Crippen molar-refractivity contribution in [1.82, 2.24) is 10.6 Å². The highest BCUT2D eigenvalue weighted by atomic mass is 19.4. The molecule has 3 fully saturated rings. The van der Waals surface area contributed by atoms with Crippen LogP contribution in [0.15, 0.2) is 0 Å². The predicted octanol–water partition coefficient (Wildman–Crippen LogP) is 3.14. The van der Waals surface area contributed by atoms with Gasteiger partial charge in [0, 0.05) is 24.5 Å². The molecule has 3 nitrogen and oxygen atoms in total. The first-order valence-electron chi connectivity index (χ1n) is 8.52. The summed E-state index contributed by atoms with van der Waals surface area (Å²) in [6.45, 7) is 0. The van der Waals surface area contributed by atoms with Gasteiger partial charge in [-0.25, -0.2) is 0 Å². The molecule has 4 unspecified atom stereocenters. The van der Waals surface area contributed by atoms with Gasteiger partial charge in [-0.05, 0) is 50.9 Å². The van der Waals surface area contributed by atoms with E-state index in [-0.39, 0.29) is 24.8 Å². The number of piperidine rings is 1. The highest BCUT2D eigenvalue weighted by Crippen LogP contribution is 2.38. The average molecular weight is 318 g/mol. The molecule has 2 N–H and O–H groups in total. The van der Waals surface area contributed by atoms with Crippen LogP contribution in [0.5, 0.6) is 0 Å². The third-order valence-corrected chi connectivity index (χ3v) is 5.55. The van der Waals surface area contributed by atoms with Gasteiger partial charge in [-0.3, -0.25) is 4.79 Å². The van der Waals surface area contributed by atoms with E-state index < -0.39 is 12.1 Å². The highest BCUT2D eigenvalue weighted by molar-refractivity contribution is 5.76. The summed E-state index contributed by atoms with van der Waals surface area (Å²) in [5.74, 6) is -0.916. The van der Waals surface area contributed by atoms with E-state index in [4.69, 9.17) is 0 Å². The van der Waals surface area contributed by atoms with Crippen LogP contribution in [0.3, 0.4) is 0 Å². The molecule has 126 valence electrons. The van der Waals surface area contributed by atoms with Gasteiger partial charge in [0.25, 0.3) is 0 Å². The second-order valence-electron chi connectivity index (χ2n) is 7.35. The zero-order valence-corrected chi connectivity index (χ0v) is 12.8. The highest BCUT2D eigenvalue weighted by Gasteiger charge is 2.42. The van der Waals surface area contributed by atoms with Gasteiger partial charge in [-0.15, -0.1) is 0 Å². The zero-order valence-electron chi connectivity index (χ0n) is 12.8. The van der Waals surface area contributed by atoms with Crippen molar-refractivity contribution in [3.63, 3.8) is 0 Å². The first kappa shape index (κ1) is 16.1. The van der Waals surface area contributed by atoms with E-state index in [0.717, 1.165) is 12.8 Å². The number of rotatable bonds is 3. The molecule has 2 aliphatic heterocycles. The molecular formula is C16H25F3N2O. The maximum Gasteiger partial charge on any atom is 0.391 e. The summed E-state index contributed by atoms with van der Waals surface area (Å²) in [4.78, 5) is 12.2. The van der Waals surface area contributed by atoms with Crippen molar-refractivity contribution >= 4 is 5.91 Å². The van der Waals surface area contributed by atoms with E-state index in [1.165, 1.54) is 12.8 Å². The van der Waals surface area contributed by atoms with Gasteiger partial charge in [-0.1, -0.05) is 6.42 Å². The summed E-state index contributed by atoms with van der Waals surface area (Å²) in [7, 11) is 0. The number of carbonyl (C=O) groups excluding carboxylic acids is 1. The van der Waals surface area contributed by atoms with E-state index in [1.54, 1.807) is 0 Å². The fourth-order valence-electron chi connectivity index (χ4n) is 4.51. The molecule has 2 heterocycles. The minimum absolute atomic E-state index is 0.0483. The molecule has 4 atom stereocenters. The SMILES string of the molecule is O=C(CC1CC2CCC(C1)N2)NC1CCCC(C(F)(F)F)C1. The lowest BCUT2D eigenvalue weighted by Gasteiger charge is -2.32. The molecule has 0 spiro atoms. The monoisotopic (exact) mass is 318 g/mol. The Morgan fingerprint density at radius 1 is 1.05 bits per heavy atom. The smallest absolute Gasteiger partial charge is 0.353 e. The average Bonchev–Trinajstić information content (AvgIpc) is 2.77. The number of fused-ring (bicyclic) bond motifs is 2. The van der Waals surface area contributed by atoms with Crippen LogP contribution in [0.1, 0.15) is 57.8 Å². The van der Waals surface area contributed by atoms with Gasteiger partial charge in [0.2, 0.25) is 5.91 Å². The third-order valence-electron chi connectivity index (χ3n) is 5.55. The van der Waals surface area contributed by atoms with Crippen molar-refractivity contribution in [2.45, 2.75) is 82.1 Å². The Labute approximate surface area is 129 Å². The van der Waals surface area contributed by atoms with Crippen LogP contribution in [-0.4, -0.2) is 30.2 Å². The van der Waals surface area contributed by atoms with Crippen LogP contribution in [0.4, 0.5) is 13.2 Å². The zero-order chi connectivity index (χ0) is 15.7. The van der Waals surface area contributed by atoms with Gasteiger partial charge in [0.05, 0.1) is 5.92 Å². The van der Waals surface area contributed by atoms with Crippen molar-refractivity contribution in [1.29, 1.82) is 0 Å². The van der Waals surface area contributed by atoms with Gasteiger partial charge < -0.3 is 10.6 Å². The molecule has 1 amide bonds. The third kappa shape index (κ3) is 3.94. The predicted molar refractivity (Wildman–Crippen MR) is 77.2 cm³/mol. The summed E-state index contributed by atoms with van der Waals surface area (Å²) in [6, 6.07) is 0.785. The molecule has 3 rings (SSSR count). The van der Waals surface area contributed by atoms with Crippen LogP contribution >= 0.6 is 0 Å². The van der Waals surface area contributed by atoms with E-state index >= 15 is 0 Å². The number of alkyl halides is 3. The van der Waals surface area contributed by atoms with Crippen molar-refractivity contribution in [2.75, 3.05) is 0 Å². The Morgan fingerprint density at radius 2 is 1.73 bits per heavy atom. The van der Waals surface area contributed by atoms with E-state index in [1.807, 2.05) is 0 Å². The molecule has 6 heteroatoms. The second kappa shape index (κ2) is 6.38. The summed E-state index contributed by atoms with van der Waals surface area (Å²) < 4.78 is 38.4. The van der Waals surface area contributed by atoms with Gasteiger partial charge in [-0.2, -0.15) is 13.2 Å². The van der Waals surface area contributed by atoms with Gasteiger partial charge >= 0.3 is 6.18 Å². The van der Waals surface area contributed by atoms with Gasteiger partial charge in [0.1, 0.15) is 0 Å². The number of hydrogen-bond donors (Lipinski definition) is 2. The first-order valence-corrected chi connectivity index (χ1v) is 8.52. The van der Waals surface area contributed by atoms with Crippen molar-refractivity contribution in [3.05, 3.63) is 0 Å². The molecule has 2 bridgehead atoms. The Kier molecular flexibility index (Phi) is 4.67. The largest absolute Gasteiger partial charge is 0.391 e. The van der Waals surface area contributed by atoms with E-state index in [2.05, 4.69) is 10.6 Å². The summed E-state index contributed by atoms with van der Waals surface area (Å²) in [5, 5.41) is 6.40. The molecule has 0 radical (unpaired) electrons. The summed E-state index contributed by atoms with van der Waals surface area (Å²) in [6.07, 6.45) is 2.26. The lowest BCUT2D eigenvalue weighted by Crippen LogP contribution is -2.43.